The zero-order valence-electron chi connectivity index (χ0n) is 21.7. The summed E-state index contributed by atoms with van der Waals surface area (Å²) >= 11 is 0. The van der Waals surface area contributed by atoms with Crippen molar-refractivity contribution in [3.8, 4) is 0 Å². The van der Waals surface area contributed by atoms with Gasteiger partial charge in [0.2, 0.25) is 0 Å². The van der Waals surface area contributed by atoms with Crippen LogP contribution in [0.2, 0.25) is 0 Å². The third-order valence-corrected chi connectivity index (χ3v) is 9.29. The maximum Gasteiger partial charge on any atom is 0.257 e. The molecule has 1 heterocycles. The summed E-state index contributed by atoms with van der Waals surface area (Å²) in [5.41, 5.74) is 4.68. The fourth-order valence-electron chi connectivity index (χ4n) is 7.29. The van der Waals surface area contributed by atoms with E-state index in [0.29, 0.717) is 38.6 Å². The Kier molecular flexibility index (Phi) is 5.98. The van der Waals surface area contributed by atoms with Gasteiger partial charge < -0.3 is 4.90 Å². The summed E-state index contributed by atoms with van der Waals surface area (Å²) in [5.74, 6) is -2.85. The Morgan fingerprint density at radius 2 is 1.63 bits per heavy atom. The van der Waals surface area contributed by atoms with Gasteiger partial charge in [0.25, 0.3) is 5.91 Å². The van der Waals surface area contributed by atoms with Crippen molar-refractivity contribution in [2.45, 2.75) is 49.6 Å². The van der Waals surface area contributed by atoms with E-state index in [1.54, 1.807) is 12.1 Å². The van der Waals surface area contributed by atoms with Crippen LogP contribution in [0.1, 0.15) is 59.2 Å². The molecular formula is C32H31F3N2O. The molecule has 2 aliphatic carbocycles. The molecule has 0 bridgehead atoms. The number of hydrogen-bond donors (Lipinski definition) is 0. The van der Waals surface area contributed by atoms with Gasteiger partial charge in [-0.25, -0.2) is 13.2 Å². The van der Waals surface area contributed by atoms with Crippen molar-refractivity contribution in [3.05, 3.63) is 112 Å². The molecule has 0 aromatic heterocycles. The van der Waals surface area contributed by atoms with E-state index in [9.17, 15) is 18.0 Å². The lowest BCUT2D eigenvalue weighted by atomic mass is 9.63. The van der Waals surface area contributed by atoms with Crippen molar-refractivity contribution >= 4 is 11.5 Å². The molecule has 0 radical (unpaired) electrons. The van der Waals surface area contributed by atoms with Crippen LogP contribution in [0.4, 0.5) is 13.2 Å². The van der Waals surface area contributed by atoms with E-state index in [-0.39, 0.29) is 11.4 Å². The second kappa shape index (κ2) is 9.12. The molecule has 1 spiro atoms. The normalized spacial score (nSPS) is 24.6. The minimum atomic E-state index is -1.10. The first-order valence-electron chi connectivity index (χ1n) is 13.3. The zero-order valence-corrected chi connectivity index (χ0v) is 21.7. The molecule has 0 N–H and O–H groups in total. The Morgan fingerprint density at radius 3 is 2.37 bits per heavy atom. The Morgan fingerprint density at radius 1 is 0.895 bits per heavy atom. The van der Waals surface area contributed by atoms with E-state index in [2.05, 4.69) is 17.0 Å². The second-order valence-electron chi connectivity index (χ2n) is 11.1. The molecule has 6 rings (SSSR count). The van der Waals surface area contributed by atoms with Gasteiger partial charge in [-0.3, -0.25) is 9.69 Å². The van der Waals surface area contributed by atoms with Crippen molar-refractivity contribution in [2.24, 2.45) is 0 Å². The maximum atomic E-state index is 14.9. The summed E-state index contributed by atoms with van der Waals surface area (Å²) in [6, 6.07) is 19.0. The Hall–Kier alpha value is -3.38. The fourth-order valence-corrected chi connectivity index (χ4v) is 7.29. The van der Waals surface area contributed by atoms with Gasteiger partial charge in [0.1, 0.15) is 5.82 Å². The largest absolute Gasteiger partial charge is 0.329 e. The molecule has 1 fully saturated rings. The minimum Gasteiger partial charge on any atom is -0.329 e. The molecule has 38 heavy (non-hydrogen) atoms. The fraction of sp³-hybridized carbons (Fsp3) is 0.344. The van der Waals surface area contributed by atoms with Gasteiger partial charge in [-0.2, -0.15) is 0 Å². The number of carbonyl (C=O) groups is 1. The second-order valence-corrected chi connectivity index (χ2v) is 11.1. The SMILES string of the molecule is CN(C)C1(c2cccc(F)c2)CCC2(CC1)C1=C(CCN2C(=O)c2cccc(F)c2F)c2ccccc2C1. The van der Waals surface area contributed by atoms with E-state index in [4.69, 9.17) is 0 Å². The Bertz CT molecular complexity index is 1450. The standard InChI is InChI=1S/C32H31F3N2O/c1-36(2)31(22-8-5-9-23(33)20-22)14-16-32(17-15-31)27-19-21-7-3-4-10-24(21)25(27)13-18-37(32)30(38)26-11-6-12-28(34)29(26)35/h3-12,20H,13-19H2,1-2H3. The lowest BCUT2D eigenvalue weighted by Gasteiger charge is -2.56. The summed E-state index contributed by atoms with van der Waals surface area (Å²) in [6.45, 7) is 0.441. The van der Waals surface area contributed by atoms with Crippen LogP contribution in [0.25, 0.3) is 5.57 Å². The highest BCUT2D eigenvalue weighted by molar-refractivity contribution is 5.96. The molecule has 6 heteroatoms. The van der Waals surface area contributed by atoms with E-state index >= 15 is 0 Å². The van der Waals surface area contributed by atoms with Crippen LogP contribution in [0.15, 0.2) is 72.3 Å². The molecule has 0 atom stereocenters. The zero-order chi connectivity index (χ0) is 26.7. The number of amides is 1. The lowest BCUT2D eigenvalue weighted by Crippen LogP contribution is -2.60. The van der Waals surface area contributed by atoms with Crippen LogP contribution in [0, 0.1) is 17.5 Å². The molecule has 3 nitrogen and oxygen atoms in total. The average molecular weight is 517 g/mol. The summed E-state index contributed by atoms with van der Waals surface area (Å²) in [6.07, 6.45) is 4.13. The number of rotatable bonds is 3. The van der Waals surface area contributed by atoms with Gasteiger partial charge in [-0.15, -0.1) is 0 Å². The minimum absolute atomic E-state index is 0.224. The first kappa shape index (κ1) is 24.9. The van der Waals surface area contributed by atoms with Gasteiger partial charge in [-0.1, -0.05) is 42.5 Å². The Balaban J connectivity index is 1.45. The predicted octanol–water partition coefficient (Wildman–Crippen LogP) is 6.73. The van der Waals surface area contributed by atoms with E-state index < -0.39 is 28.6 Å². The third-order valence-electron chi connectivity index (χ3n) is 9.29. The molecule has 1 amide bonds. The predicted molar refractivity (Wildman–Crippen MR) is 142 cm³/mol. The van der Waals surface area contributed by atoms with Gasteiger partial charge in [-0.05, 0) is 105 Å². The monoisotopic (exact) mass is 516 g/mol. The van der Waals surface area contributed by atoms with Crippen molar-refractivity contribution in [2.75, 3.05) is 20.6 Å². The van der Waals surface area contributed by atoms with Crippen molar-refractivity contribution in [1.82, 2.24) is 9.80 Å². The quantitative estimate of drug-likeness (QED) is 0.385. The van der Waals surface area contributed by atoms with Gasteiger partial charge in [0.15, 0.2) is 11.6 Å². The molecule has 1 saturated carbocycles. The van der Waals surface area contributed by atoms with Crippen LogP contribution in [-0.2, 0) is 12.0 Å². The number of hydrogen-bond acceptors (Lipinski definition) is 2. The van der Waals surface area contributed by atoms with Crippen molar-refractivity contribution in [1.29, 1.82) is 0 Å². The summed E-state index contributed by atoms with van der Waals surface area (Å²) in [7, 11) is 4.04. The number of carbonyl (C=O) groups excluding carboxylic acids is 1. The molecule has 196 valence electrons. The Labute approximate surface area is 221 Å². The smallest absolute Gasteiger partial charge is 0.257 e. The summed E-state index contributed by atoms with van der Waals surface area (Å²) < 4.78 is 43.3. The number of benzene rings is 3. The highest BCUT2D eigenvalue weighted by atomic mass is 19.2. The molecule has 0 saturated heterocycles. The van der Waals surface area contributed by atoms with Gasteiger partial charge in [0, 0.05) is 12.1 Å². The summed E-state index contributed by atoms with van der Waals surface area (Å²) in [4.78, 5) is 17.9. The van der Waals surface area contributed by atoms with Crippen molar-refractivity contribution in [3.63, 3.8) is 0 Å². The summed E-state index contributed by atoms with van der Waals surface area (Å²) in [5, 5.41) is 0. The van der Waals surface area contributed by atoms with Gasteiger partial charge in [0.05, 0.1) is 11.1 Å². The molecule has 3 aliphatic rings. The highest BCUT2D eigenvalue weighted by Gasteiger charge is 2.54. The number of fused-ring (bicyclic) bond motifs is 3. The highest BCUT2D eigenvalue weighted by Crippen LogP contribution is 2.55. The topological polar surface area (TPSA) is 23.6 Å². The van der Waals surface area contributed by atoms with Gasteiger partial charge >= 0.3 is 0 Å². The number of nitrogens with zero attached hydrogens (tertiary/aromatic N) is 2. The van der Waals surface area contributed by atoms with Crippen LogP contribution < -0.4 is 0 Å². The lowest BCUT2D eigenvalue weighted by molar-refractivity contribution is 0.00686. The number of halogens is 3. The maximum absolute atomic E-state index is 14.9. The first-order chi connectivity index (χ1) is 18.3. The van der Waals surface area contributed by atoms with Crippen LogP contribution in [-0.4, -0.2) is 41.9 Å². The van der Waals surface area contributed by atoms with E-state index in [1.165, 1.54) is 40.5 Å². The first-order valence-corrected chi connectivity index (χ1v) is 13.3. The van der Waals surface area contributed by atoms with Crippen LogP contribution in [0.3, 0.4) is 0 Å². The molecule has 1 aliphatic heterocycles. The molecule has 0 unspecified atom stereocenters. The average Bonchev–Trinajstić information content (AvgIpc) is 3.30. The van der Waals surface area contributed by atoms with E-state index in [1.807, 2.05) is 37.2 Å². The van der Waals surface area contributed by atoms with Crippen molar-refractivity contribution < 1.29 is 18.0 Å². The van der Waals surface area contributed by atoms with Crippen LogP contribution in [0.5, 0.6) is 0 Å². The van der Waals surface area contributed by atoms with Crippen LogP contribution >= 0.6 is 0 Å². The third kappa shape index (κ3) is 3.64. The molecule has 3 aromatic rings. The van der Waals surface area contributed by atoms with E-state index in [0.717, 1.165) is 18.1 Å². The molecular weight excluding hydrogens is 485 g/mol. The molecule has 3 aromatic carbocycles.